The van der Waals surface area contributed by atoms with Crippen molar-refractivity contribution in [2.75, 3.05) is 11.8 Å². The topological polar surface area (TPSA) is 167 Å². The van der Waals surface area contributed by atoms with Crippen LogP contribution in [0.5, 0.6) is 0 Å². The molecule has 0 saturated heterocycles. The molecule has 18 heavy (non-hydrogen) atoms. The molecule has 0 aliphatic rings. The fourth-order valence-corrected chi connectivity index (χ4v) is 1.43. The van der Waals surface area contributed by atoms with Crippen LogP contribution in [-0.4, -0.2) is 49.5 Å². The second kappa shape index (κ2) is 6.63. The van der Waals surface area contributed by atoms with Crippen molar-refractivity contribution < 1.29 is 35.5 Å². The third-order valence-electron chi connectivity index (χ3n) is 1.48. The molecular formula is C6H12N2O8S2. The van der Waals surface area contributed by atoms with Gasteiger partial charge in [0.1, 0.15) is 11.8 Å². The van der Waals surface area contributed by atoms with Gasteiger partial charge in [-0.1, -0.05) is 0 Å². The number of rotatable bonds is 7. The van der Waals surface area contributed by atoms with Crippen LogP contribution in [0.2, 0.25) is 0 Å². The first-order chi connectivity index (χ1) is 7.99. The van der Waals surface area contributed by atoms with Gasteiger partial charge in [0.2, 0.25) is 11.8 Å². The van der Waals surface area contributed by atoms with E-state index in [2.05, 4.69) is 0 Å². The molecule has 0 radical (unpaired) electrons. The Balaban J connectivity index is 3.89. The number of hydrogen-bond donors (Lipinski definition) is 4. The fraction of sp³-hybridized carbons (Fsp3) is 0.667. The minimum absolute atomic E-state index is 0.396. The van der Waals surface area contributed by atoms with E-state index in [9.17, 15) is 26.4 Å². The minimum Gasteiger partial charge on any atom is -0.340 e. The lowest BCUT2D eigenvalue weighted by atomic mass is 10.3. The molecule has 4 N–H and O–H groups in total. The summed E-state index contributed by atoms with van der Waals surface area (Å²) in [6, 6.07) is 0. The van der Waals surface area contributed by atoms with E-state index < -0.39 is 56.6 Å². The molecule has 0 aromatic heterocycles. The van der Waals surface area contributed by atoms with Gasteiger partial charge in [-0.3, -0.25) is 18.7 Å². The van der Waals surface area contributed by atoms with Gasteiger partial charge in [-0.15, -0.1) is 0 Å². The van der Waals surface area contributed by atoms with E-state index in [1.807, 2.05) is 10.6 Å². The zero-order valence-corrected chi connectivity index (χ0v) is 10.6. The van der Waals surface area contributed by atoms with Crippen molar-refractivity contribution in [2.45, 2.75) is 12.8 Å². The van der Waals surface area contributed by atoms with Crippen molar-refractivity contribution in [2.24, 2.45) is 0 Å². The van der Waals surface area contributed by atoms with Crippen LogP contribution >= 0.6 is 0 Å². The second-order valence-electron chi connectivity index (χ2n) is 3.15. The van der Waals surface area contributed by atoms with Gasteiger partial charge in [0, 0.05) is 12.8 Å². The van der Waals surface area contributed by atoms with Gasteiger partial charge >= 0.3 is 0 Å². The Labute approximate surface area is 103 Å². The minimum atomic E-state index is -4.33. The second-order valence-corrected chi connectivity index (χ2v) is 6.06. The largest absolute Gasteiger partial charge is 0.340 e. The molecule has 106 valence electrons. The van der Waals surface area contributed by atoms with E-state index in [-0.39, 0.29) is 0 Å². The number of carbonyl (C=O) groups excluding carboxylic acids is 2. The molecule has 0 saturated carbocycles. The molecule has 0 aliphatic heterocycles. The molecule has 0 heterocycles. The van der Waals surface area contributed by atoms with Crippen LogP contribution in [0.25, 0.3) is 0 Å². The molecule has 0 aromatic rings. The van der Waals surface area contributed by atoms with Crippen LogP contribution in [0.15, 0.2) is 0 Å². The number of amides is 2. The van der Waals surface area contributed by atoms with E-state index in [1.54, 1.807) is 0 Å². The molecule has 0 bridgehead atoms. The summed E-state index contributed by atoms with van der Waals surface area (Å²) >= 11 is 0. The van der Waals surface area contributed by atoms with E-state index in [0.717, 1.165) is 0 Å². The molecule has 0 spiro atoms. The molecule has 0 atom stereocenters. The molecule has 0 aliphatic carbocycles. The Kier molecular flexibility index (Phi) is 6.17. The Morgan fingerprint density at radius 2 is 1.06 bits per heavy atom. The lowest BCUT2D eigenvalue weighted by Gasteiger charge is -2.04. The average molecular weight is 304 g/mol. The normalized spacial score (nSPS) is 11.9. The number of carbonyl (C=O) groups is 2. The monoisotopic (exact) mass is 304 g/mol. The summed E-state index contributed by atoms with van der Waals surface area (Å²) in [5.74, 6) is -3.57. The Morgan fingerprint density at radius 1 is 0.778 bits per heavy atom. The Bertz CT molecular complexity index is 460. The van der Waals surface area contributed by atoms with Crippen LogP contribution in [0.1, 0.15) is 12.8 Å². The van der Waals surface area contributed by atoms with Gasteiger partial charge in [0.05, 0.1) is 0 Å². The van der Waals surface area contributed by atoms with Crippen molar-refractivity contribution in [3.8, 4) is 0 Å². The molecule has 0 fully saturated rings. The summed E-state index contributed by atoms with van der Waals surface area (Å²) in [5, 5.41) is 3.65. The highest BCUT2D eigenvalue weighted by atomic mass is 32.2. The van der Waals surface area contributed by atoms with E-state index in [0.29, 0.717) is 0 Å². The smallest absolute Gasteiger partial charge is 0.283 e. The maximum absolute atomic E-state index is 11.0. The summed E-state index contributed by atoms with van der Waals surface area (Å²) in [6.07, 6.45) is -0.792. The van der Waals surface area contributed by atoms with E-state index >= 15 is 0 Å². The number of nitrogens with one attached hydrogen (secondary N) is 2. The summed E-state index contributed by atoms with van der Waals surface area (Å²) in [6.45, 7) is 0. The van der Waals surface area contributed by atoms with Crippen LogP contribution in [0.3, 0.4) is 0 Å². The quantitative estimate of drug-likeness (QED) is 0.380. The van der Waals surface area contributed by atoms with Crippen molar-refractivity contribution in [3.63, 3.8) is 0 Å². The van der Waals surface area contributed by atoms with Gasteiger partial charge in [-0.2, -0.15) is 16.8 Å². The summed E-state index contributed by atoms with van der Waals surface area (Å²) < 4.78 is 57.6. The van der Waals surface area contributed by atoms with Crippen LogP contribution in [0.4, 0.5) is 0 Å². The van der Waals surface area contributed by atoms with Gasteiger partial charge in [0.15, 0.2) is 0 Å². The first-order valence-electron chi connectivity index (χ1n) is 4.43. The van der Waals surface area contributed by atoms with Gasteiger partial charge in [-0.05, 0) is 0 Å². The van der Waals surface area contributed by atoms with E-state index in [4.69, 9.17) is 9.11 Å². The Hall–Kier alpha value is -1.24. The molecule has 2 amide bonds. The third-order valence-corrected chi connectivity index (χ3v) is 2.50. The maximum Gasteiger partial charge on any atom is 0.283 e. The van der Waals surface area contributed by atoms with Crippen molar-refractivity contribution in [1.29, 1.82) is 0 Å². The lowest BCUT2D eigenvalue weighted by Crippen LogP contribution is -2.32. The highest BCUT2D eigenvalue weighted by molar-refractivity contribution is 7.86. The SMILES string of the molecule is O=C(CCC(=O)NCS(=O)(=O)O)NCS(=O)(=O)O. The average Bonchev–Trinajstić information content (AvgIpc) is 2.18. The zero-order valence-electron chi connectivity index (χ0n) is 8.99. The van der Waals surface area contributed by atoms with Gasteiger partial charge in [0.25, 0.3) is 20.2 Å². The summed E-state index contributed by atoms with van der Waals surface area (Å²) in [5.41, 5.74) is 0. The van der Waals surface area contributed by atoms with Gasteiger partial charge in [-0.25, -0.2) is 0 Å². The van der Waals surface area contributed by atoms with E-state index in [1.165, 1.54) is 0 Å². The van der Waals surface area contributed by atoms with Crippen molar-refractivity contribution in [3.05, 3.63) is 0 Å². The van der Waals surface area contributed by atoms with Crippen LogP contribution < -0.4 is 10.6 Å². The van der Waals surface area contributed by atoms with Crippen LogP contribution in [0, 0.1) is 0 Å². The zero-order chi connectivity index (χ0) is 14.4. The highest BCUT2D eigenvalue weighted by Gasteiger charge is 2.11. The summed E-state index contributed by atoms with van der Waals surface area (Å²) in [4.78, 5) is 21.9. The van der Waals surface area contributed by atoms with Gasteiger partial charge < -0.3 is 10.6 Å². The lowest BCUT2D eigenvalue weighted by molar-refractivity contribution is -0.126. The van der Waals surface area contributed by atoms with Crippen molar-refractivity contribution in [1.82, 2.24) is 10.6 Å². The Morgan fingerprint density at radius 3 is 1.28 bits per heavy atom. The molecule has 0 rings (SSSR count). The number of hydrogen-bond acceptors (Lipinski definition) is 6. The molecule has 0 aromatic carbocycles. The summed E-state index contributed by atoms with van der Waals surface area (Å²) in [7, 11) is -8.66. The first kappa shape index (κ1) is 16.8. The standard InChI is InChI=1S/C6H12N2O8S2/c9-5(7-3-17(11,12)13)1-2-6(10)8-4-18(14,15)16/h1-4H2,(H,7,9)(H,8,10)(H,11,12,13)(H,14,15,16). The van der Waals surface area contributed by atoms with Crippen LogP contribution in [-0.2, 0) is 29.8 Å². The molecule has 12 heteroatoms. The molecular weight excluding hydrogens is 292 g/mol. The first-order valence-corrected chi connectivity index (χ1v) is 7.65. The molecule has 10 nitrogen and oxygen atoms in total. The maximum atomic E-state index is 11.0. The highest BCUT2D eigenvalue weighted by Crippen LogP contribution is 1.90. The molecule has 0 unspecified atom stereocenters. The predicted molar refractivity (Wildman–Crippen MR) is 58.4 cm³/mol. The third kappa shape index (κ3) is 11.3. The predicted octanol–water partition coefficient (Wildman–Crippen LogP) is -2.31. The fourth-order valence-electron chi connectivity index (χ4n) is 0.747. The van der Waals surface area contributed by atoms with Crippen molar-refractivity contribution >= 4 is 32.1 Å².